The molecule has 2 aromatic rings. The molecule has 0 saturated carbocycles. The Morgan fingerprint density at radius 3 is 0.979 bits per heavy atom. The first-order valence-corrected chi connectivity index (χ1v) is 11.0. The molecule has 2 rings (SSSR count). The number of hydrogen-bond donors (Lipinski definition) is 1. The zero-order chi connectivity index (χ0) is 38.4. The summed E-state index contributed by atoms with van der Waals surface area (Å²) in [4.78, 5) is 0. The van der Waals surface area contributed by atoms with E-state index >= 15 is 0 Å². The minimum Gasteiger partial charge on any atom is -0.508 e. The summed E-state index contributed by atoms with van der Waals surface area (Å²) in [6.07, 6.45) is -8.16. The quantitative estimate of drug-likeness (QED) is 0.145. The molecule has 26 heteroatoms. The summed E-state index contributed by atoms with van der Waals surface area (Å²) in [6.45, 7) is 0. The largest absolute Gasteiger partial charge is 0.508 e. The van der Waals surface area contributed by atoms with Gasteiger partial charge in [-0.05, 0) is 17.7 Å². The summed E-state index contributed by atoms with van der Waals surface area (Å²) in [5.41, 5.74) is -8.62. The van der Waals surface area contributed by atoms with Crippen molar-refractivity contribution >= 4 is 0 Å². The molecule has 1 N–H and O–H groups in total. The smallest absolute Gasteiger partial charge is 0.460 e. The first kappa shape index (κ1) is 40.7. The van der Waals surface area contributed by atoms with E-state index in [1.165, 1.54) is 0 Å². The minimum atomic E-state index is -9.52. The maximum atomic E-state index is 14.9. The highest BCUT2D eigenvalue weighted by Gasteiger charge is 2.98. The minimum absolute atomic E-state index is 0.0251. The summed E-state index contributed by atoms with van der Waals surface area (Å²) in [5.74, 6) is -96.7. The van der Waals surface area contributed by atoms with Crippen LogP contribution >= 0.6 is 0 Å². The van der Waals surface area contributed by atoms with Gasteiger partial charge >= 0.3 is 59.5 Å². The lowest BCUT2D eigenvalue weighted by Gasteiger charge is -2.44. The zero-order valence-corrected chi connectivity index (χ0v) is 21.2. The lowest BCUT2D eigenvalue weighted by molar-refractivity contribution is -0.474. The van der Waals surface area contributed by atoms with Crippen molar-refractivity contribution in [1.29, 1.82) is 0 Å². The Bertz CT molecular complexity index is 1530. The predicted octanol–water partition coefficient (Wildman–Crippen LogP) is 10.4. The van der Waals surface area contributed by atoms with E-state index in [0.717, 1.165) is 0 Å². The maximum absolute atomic E-state index is 14.9. The van der Waals surface area contributed by atoms with Gasteiger partial charge in [0, 0.05) is 5.56 Å². The molecule has 0 fully saturated rings. The molecule has 1 nitrogen and oxygen atoms in total. The second kappa shape index (κ2) is 11.0. The molecule has 0 bridgehead atoms. The van der Waals surface area contributed by atoms with E-state index in [2.05, 4.69) is 0 Å². The molecule has 0 aromatic heterocycles. The van der Waals surface area contributed by atoms with Gasteiger partial charge in [-0.15, -0.1) is 0 Å². The molecule has 274 valence electrons. The van der Waals surface area contributed by atoms with Crippen molar-refractivity contribution in [2.24, 2.45) is 0 Å². The topological polar surface area (TPSA) is 20.2 Å². The van der Waals surface area contributed by atoms with Crippen molar-refractivity contribution in [2.45, 2.75) is 59.5 Å². The highest BCUT2D eigenvalue weighted by molar-refractivity contribution is 5.70. The van der Waals surface area contributed by atoms with Gasteiger partial charge in [0.15, 0.2) is 23.3 Å². The molecule has 48 heavy (non-hydrogen) atoms. The predicted molar refractivity (Wildman–Crippen MR) is 103 cm³/mol. The number of hydrogen-bond acceptors (Lipinski definition) is 1. The van der Waals surface area contributed by atoms with Gasteiger partial charge in [0.1, 0.15) is 5.75 Å². The lowest BCUT2D eigenvalue weighted by Crippen LogP contribution is -2.76. The number of phenolic OH excluding ortho intramolecular Hbond substituents is 1. The lowest BCUT2D eigenvalue weighted by atomic mass is 9.83. The first-order valence-electron chi connectivity index (χ1n) is 11.0. The van der Waals surface area contributed by atoms with Crippen LogP contribution in [0.3, 0.4) is 0 Å². The molecule has 0 spiro atoms. The third-order valence-electron chi connectivity index (χ3n) is 6.25. The number of rotatable bonds is 10. The molecule has 0 saturated heterocycles. The van der Waals surface area contributed by atoms with Gasteiger partial charge in [-0.1, -0.05) is 12.1 Å². The molecule has 0 aliphatic carbocycles. The van der Waals surface area contributed by atoms with E-state index in [1.54, 1.807) is 0 Å². The van der Waals surface area contributed by atoms with Gasteiger partial charge in [-0.25, -0.2) is 17.6 Å². The van der Waals surface area contributed by atoms with Crippen molar-refractivity contribution in [3.8, 4) is 16.9 Å². The number of phenols is 1. The Morgan fingerprint density at radius 1 is 0.354 bits per heavy atom. The average Bonchev–Trinajstić information content (AvgIpc) is 2.92. The molecule has 0 aliphatic rings. The van der Waals surface area contributed by atoms with E-state index in [4.69, 9.17) is 5.11 Å². The van der Waals surface area contributed by atoms with Crippen molar-refractivity contribution in [3.63, 3.8) is 0 Å². The average molecular weight is 760 g/mol. The van der Waals surface area contributed by atoms with Crippen LogP contribution in [0.2, 0.25) is 0 Å². The Labute approximate surface area is 245 Å². The third kappa shape index (κ3) is 4.96. The number of aromatic hydroxyl groups is 1. The van der Waals surface area contributed by atoms with Gasteiger partial charge in [0.05, 0.1) is 5.56 Å². The second-order valence-corrected chi connectivity index (χ2v) is 9.22. The Morgan fingerprint density at radius 2 is 0.646 bits per heavy atom. The van der Waals surface area contributed by atoms with Crippen LogP contribution in [0.15, 0.2) is 24.3 Å². The van der Waals surface area contributed by atoms with Crippen molar-refractivity contribution in [2.75, 3.05) is 0 Å². The Balaban J connectivity index is 2.94. The van der Waals surface area contributed by atoms with Crippen LogP contribution in [0.5, 0.6) is 5.75 Å². The van der Waals surface area contributed by atoms with Crippen molar-refractivity contribution < 1.29 is 115 Å². The summed E-state index contributed by atoms with van der Waals surface area (Å²) < 4.78 is 344. The number of benzene rings is 2. The zero-order valence-electron chi connectivity index (χ0n) is 21.2. The van der Waals surface area contributed by atoms with E-state index in [-0.39, 0.29) is 24.3 Å². The third-order valence-corrected chi connectivity index (χ3v) is 6.25. The molecule has 0 heterocycles. The van der Waals surface area contributed by atoms with E-state index in [9.17, 15) is 110 Å². The first-order chi connectivity index (χ1) is 20.9. The van der Waals surface area contributed by atoms with Crippen LogP contribution in [0.25, 0.3) is 11.1 Å². The molecule has 0 unspecified atom stereocenters. The van der Waals surface area contributed by atoms with Crippen LogP contribution in [-0.4, -0.2) is 58.7 Å². The number of alkyl halides is 21. The summed E-state index contributed by atoms with van der Waals surface area (Å²) in [6, 6.07) is 0.334. The molecular formula is C22H5F25O. The second-order valence-electron chi connectivity index (χ2n) is 9.22. The Kier molecular flexibility index (Phi) is 9.32. The standard InChI is InChI=1S/C22H5F25O/c23-9-7(5-1-3-6(48)4-2-5)8(10(24)12(26)11(9)25)13(27,28)14(29,30)15(31,32)16(33,34)17(35,36)18(37,38)19(39,40)20(41,42)21(43,44)22(45,46)47/h1-4,48H. The summed E-state index contributed by atoms with van der Waals surface area (Å²) in [7, 11) is 0. The van der Waals surface area contributed by atoms with Gasteiger partial charge < -0.3 is 5.11 Å². The van der Waals surface area contributed by atoms with Crippen LogP contribution < -0.4 is 0 Å². The van der Waals surface area contributed by atoms with Crippen molar-refractivity contribution in [1.82, 2.24) is 0 Å². The van der Waals surface area contributed by atoms with E-state index in [0.29, 0.717) is 0 Å². The normalized spacial score (nSPS) is 15.3. The maximum Gasteiger partial charge on any atom is 0.460 e. The fraction of sp³-hybridized carbons (Fsp3) is 0.455. The van der Waals surface area contributed by atoms with Gasteiger partial charge in [-0.3, -0.25) is 0 Å². The summed E-state index contributed by atoms with van der Waals surface area (Å²) >= 11 is 0. The van der Waals surface area contributed by atoms with Crippen molar-refractivity contribution in [3.05, 3.63) is 53.1 Å². The molecule has 0 radical (unpaired) electrons. The molecule has 0 aliphatic heterocycles. The highest BCUT2D eigenvalue weighted by Crippen LogP contribution is 2.67. The summed E-state index contributed by atoms with van der Waals surface area (Å²) in [5, 5.41) is 9.13. The van der Waals surface area contributed by atoms with E-state index in [1.807, 2.05) is 0 Å². The molecule has 0 amide bonds. The fourth-order valence-corrected chi connectivity index (χ4v) is 3.54. The SMILES string of the molecule is Oc1ccc(-c2c(F)c(F)c(F)c(F)c2C(F)(F)C(F)(F)C(F)(F)C(F)(F)C(F)(F)C(F)(F)C(F)(F)C(F)(F)C(F)(F)C(F)(F)F)cc1. The monoisotopic (exact) mass is 760 g/mol. The van der Waals surface area contributed by atoms with E-state index < -0.39 is 105 Å². The molecule has 2 aromatic carbocycles. The molecular weight excluding hydrogens is 755 g/mol. The molecule has 0 atom stereocenters. The van der Waals surface area contributed by atoms with Crippen LogP contribution in [0.4, 0.5) is 110 Å². The Hall–Kier alpha value is -3.51. The van der Waals surface area contributed by atoms with Crippen LogP contribution in [0.1, 0.15) is 5.56 Å². The highest BCUT2D eigenvalue weighted by atomic mass is 19.4. The van der Waals surface area contributed by atoms with Gasteiger partial charge in [0.2, 0.25) is 0 Å². The van der Waals surface area contributed by atoms with Gasteiger partial charge in [0.25, 0.3) is 0 Å². The van der Waals surface area contributed by atoms with Gasteiger partial charge in [-0.2, -0.15) is 92.2 Å². The fourth-order valence-electron chi connectivity index (χ4n) is 3.54. The van der Waals surface area contributed by atoms with Crippen LogP contribution in [0, 0.1) is 23.3 Å². The number of halogens is 25. The van der Waals surface area contributed by atoms with Crippen LogP contribution in [-0.2, 0) is 5.92 Å².